The van der Waals surface area contributed by atoms with Gasteiger partial charge in [0.05, 0.1) is 0 Å². The summed E-state index contributed by atoms with van der Waals surface area (Å²) in [5, 5.41) is 0. The Morgan fingerprint density at radius 3 is 0.588 bits per heavy atom. The number of hydrogen-bond donors (Lipinski definition) is 0. The fourth-order valence-electron chi connectivity index (χ4n) is 11.0. The molecule has 0 aliphatic heterocycles. The molecular formula is C80H70N4S. The molecule has 0 spiro atoms. The van der Waals surface area contributed by atoms with Crippen LogP contribution < -0.4 is 19.6 Å². The standard InChI is InChI=1S/C80H70N4S/c1-55-15-31-65(32-16-55)81(66-33-17-56(2)18-34-66)73-13-9-11-63(51-73)77-53-75(83(69-39-23-59(5)24-40-69)70-41-25-60(6)26-42-70)47-49-79(77)85-80-50-48-76(84(71-43-27-61(7)28-44-71)72-45-29-62(8)30-46-72)54-78(80)64-12-10-14-74(52-64)82(67-35-19-57(3)20-36-67)68-37-21-58(4)22-38-68/h9-54H,1-8H3. The molecule has 0 N–H and O–H groups in total. The maximum Gasteiger partial charge on any atom is 0.0468 e. The van der Waals surface area contributed by atoms with Gasteiger partial charge in [0.2, 0.25) is 0 Å². The highest BCUT2D eigenvalue weighted by Gasteiger charge is 2.23. The molecule has 0 fully saturated rings. The van der Waals surface area contributed by atoms with E-state index >= 15 is 0 Å². The van der Waals surface area contributed by atoms with Gasteiger partial charge in [0, 0.05) is 78.0 Å². The van der Waals surface area contributed by atoms with Gasteiger partial charge in [0.1, 0.15) is 0 Å². The van der Waals surface area contributed by atoms with E-state index in [1.807, 2.05) is 11.8 Å². The zero-order chi connectivity index (χ0) is 58.6. The predicted molar refractivity (Wildman–Crippen MR) is 365 cm³/mol. The molecule has 0 saturated heterocycles. The third-order valence-electron chi connectivity index (χ3n) is 15.8. The van der Waals surface area contributed by atoms with Crippen LogP contribution in [0.1, 0.15) is 44.5 Å². The van der Waals surface area contributed by atoms with Gasteiger partial charge in [0.15, 0.2) is 0 Å². The van der Waals surface area contributed by atoms with E-state index in [2.05, 4.69) is 354 Å². The van der Waals surface area contributed by atoms with Crippen LogP contribution in [0.3, 0.4) is 0 Å². The second-order valence-corrected chi connectivity index (χ2v) is 23.7. The molecule has 12 rings (SSSR count). The second kappa shape index (κ2) is 24.6. The van der Waals surface area contributed by atoms with Crippen molar-refractivity contribution >= 4 is 80.0 Å². The Morgan fingerprint density at radius 2 is 0.376 bits per heavy atom. The molecule has 0 aromatic heterocycles. The van der Waals surface area contributed by atoms with Crippen LogP contribution in [-0.4, -0.2) is 0 Å². The highest BCUT2D eigenvalue weighted by Crippen LogP contribution is 2.49. The van der Waals surface area contributed by atoms with Crippen molar-refractivity contribution in [2.24, 2.45) is 0 Å². The van der Waals surface area contributed by atoms with Crippen LogP contribution in [0.15, 0.2) is 289 Å². The number of hydrogen-bond acceptors (Lipinski definition) is 5. The lowest BCUT2D eigenvalue weighted by atomic mass is 10.0. The number of nitrogens with zero attached hydrogens (tertiary/aromatic N) is 4. The van der Waals surface area contributed by atoms with E-state index < -0.39 is 0 Å². The monoisotopic (exact) mass is 1120 g/mol. The summed E-state index contributed by atoms with van der Waals surface area (Å²) in [5.41, 5.74) is 27.2. The zero-order valence-corrected chi connectivity index (χ0v) is 50.6. The molecule has 0 saturated carbocycles. The quantitative estimate of drug-likeness (QED) is 0.0953. The van der Waals surface area contributed by atoms with Crippen LogP contribution in [0.25, 0.3) is 22.3 Å². The Balaban J connectivity index is 1.07. The van der Waals surface area contributed by atoms with Crippen LogP contribution in [0.4, 0.5) is 68.2 Å². The molecule has 0 aliphatic rings. The van der Waals surface area contributed by atoms with Crippen LogP contribution in [-0.2, 0) is 0 Å². The largest absolute Gasteiger partial charge is 0.310 e. The predicted octanol–water partition coefficient (Wildman–Crippen LogP) is 23.5. The molecular weight excluding hydrogens is 1050 g/mol. The third kappa shape index (κ3) is 12.5. The number of rotatable bonds is 16. The van der Waals surface area contributed by atoms with Gasteiger partial charge in [-0.2, -0.15) is 0 Å². The van der Waals surface area contributed by atoms with Gasteiger partial charge in [-0.15, -0.1) is 0 Å². The molecule has 0 unspecified atom stereocenters. The summed E-state index contributed by atoms with van der Waals surface area (Å²) in [6, 6.07) is 103. The van der Waals surface area contributed by atoms with Gasteiger partial charge in [-0.05, 0) is 235 Å². The van der Waals surface area contributed by atoms with Crippen molar-refractivity contribution in [3.8, 4) is 22.3 Å². The van der Waals surface area contributed by atoms with E-state index in [0.29, 0.717) is 0 Å². The first-order chi connectivity index (χ1) is 41.4. The molecule has 4 nitrogen and oxygen atoms in total. The van der Waals surface area contributed by atoms with E-state index in [4.69, 9.17) is 0 Å². The molecule has 0 bridgehead atoms. The normalized spacial score (nSPS) is 11.1. The Bertz CT molecular complexity index is 3790. The maximum absolute atomic E-state index is 2.40. The Hall–Kier alpha value is -9.81. The fourth-order valence-corrected chi connectivity index (χ4v) is 12.1. The molecule has 12 aromatic carbocycles. The van der Waals surface area contributed by atoms with Gasteiger partial charge in [0.25, 0.3) is 0 Å². The van der Waals surface area contributed by atoms with E-state index in [-0.39, 0.29) is 0 Å². The van der Waals surface area contributed by atoms with Crippen molar-refractivity contribution in [3.63, 3.8) is 0 Å². The van der Waals surface area contributed by atoms with E-state index in [0.717, 1.165) is 100 Å². The minimum Gasteiger partial charge on any atom is -0.310 e. The number of anilines is 12. The van der Waals surface area contributed by atoms with Crippen molar-refractivity contribution < 1.29 is 0 Å². The highest BCUT2D eigenvalue weighted by molar-refractivity contribution is 7.99. The summed E-state index contributed by atoms with van der Waals surface area (Å²) in [5.74, 6) is 0. The van der Waals surface area contributed by atoms with Crippen LogP contribution in [0, 0.1) is 55.4 Å². The van der Waals surface area contributed by atoms with Crippen molar-refractivity contribution in [2.45, 2.75) is 65.2 Å². The summed E-state index contributed by atoms with van der Waals surface area (Å²) in [4.78, 5) is 11.8. The van der Waals surface area contributed by atoms with Crippen LogP contribution in [0.5, 0.6) is 0 Å². The number of aryl methyl sites for hydroxylation is 8. The SMILES string of the molecule is Cc1ccc(N(c2ccc(C)cc2)c2cccc(-c3cc(N(c4ccc(C)cc4)c4ccc(C)cc4)ccc3Sc3ccc(N(c4ccc(C)cc4)c4ccc(C)cc4)cc3-c3cccc(N(c4ccc(C)cc4)c4ccc(C)cc4)c3)c2)cc1. The molecule has 0 aliphatic carbocycles. The van der Waals surface area contributed by atoms with Crippen molar-refractivity contribution in [1.82, 2.24) is 0 Å². The maximum atomic E-state index is 2.40. The molecule has 12 aromatic rings. The topological polar surface area (TPSA) is 13.0 Å². The second-order valence-electron chi connectivity index (χ2n) is 22.6. The first kappa shape index (κ1) is 55.7. The molecule has 0 atom stereocenters. The Morgan fingerprint density at radius 1 is 0.188 bits per heavy atom. The Kier molecular flexibility index (Phi) is 16.1. The van der Waals surface area contributed by atoms with Crippen molar-refractivity contribution in [3.05, 3.63) is 324 Å². The van der Waals surface area contributed by atoms with Gasteiger partial charge in [-0.3, -0.25) is 0 Å². The van der Waals surface area contributed by atoms with Gasteiger partial charge < -0.3 is 19.6 Å². The van der Waals surface area contributed by atoms with Gasteiger partial charge in [-0.25, -0.2) is 0 Å². The summed E-state index contributed by atoms with van der Waals surface area (Å²) < 4.78 is 0. The molecule has 0 heterocycles. The summed E-state index contributed by atoms with van der Waals surface area (Å²) in [6.45, 7) is 17.2. The van der Waals surface area contributed by atoms with Crippen molar-refractivity contribution in [2.75, 3.05) is 19.6 Å². The lowest BCUT2D eigenvalue weighted by Gasteiger charge is -2.28. The average Bonchev–Trinajstić information content (AvgIpc) is 2.54. The van der Waals surface area contributed by atoms with Crippen LogP contribution >= 0.6 is 11.8 Å². The molecule has 5 heteroatoms. The van der Waals surface area contributed by atoms with E-state index in [1.165, 1.54) is 44.5 Å². The smallest absolute Gasteiger partial charge is 0.0468 e. The van der Waals surface area contributed by atoms with Crippen molar-refractivity contribution in [1.29, 1.82) is 0 Å². The summed E-state index contributed by atoms with van der Waals surface area (Å²) >= 11 is 1.82. The number of benzene rings is 12. The summed E-state index contributed by atoms with van der Waals surface area (Å²) in [7, 11) is 0. The highest BCUT2D eigenvalue weighted by atomic mass is 32.2. The summed E-state index contributed by atoms with van der Waals surface area (Å²) in [6.07, 6.45) is 0. The first-order valence-electron chi connectivity index (χ1n) is 29.3. The Labute approximate surface area is 507 Å². The third-order valence-corrected chi connectivity index (χ3v) is 17.0. The average molecular weight is 1120 g/mol. The van der Waals surface area contributed by atoms with E-state index in [1.54, 1.807) is 0 Å². The van der Waals surface area contributed by atoms with Crippen LogP contribution in [0.2, 0.25) is 0 Å². The molecule has 0 radical (unpaired) electrons. The molecule has 85 heavy (non-hydrogen) atoms. The molecule has 416 valence electrons. The zero-order valence-electron chi connectivity index (χ0n) is 49.8. The van der Waals surface area contributed by atoms with Gasteiger partial charge in [-0.1, -0.05) is 178 Å². The minimum absolute atomic E-state index is 1.06. The first-order valence-corrected chi connectivity index (χ1v) is 30.1. The lowest BCUT2D eigenvalue weighted by molar-refractivity contribution is 1.25. The molecule has 0 amide bonds. The lowest BCUT2D eigenvalue weighted by Crippen LogP contribution is -2.11. The van der Waals surface area contributed by atoms with Gasteiger partial charge >= 0.3 is 0 Å². The fraction of sp³-hybridized carbons (Fsp3) is 0.100. The minimum atomic E-state index is 1.06. The van der Waals surface area contributed by atoms with E-state index in [9.17, 15) is 0 Å².